The van der Waals surface area contributed by atoms with E-state index >= 15 is 0 Å². The van der Waals surface area contributed by atoms with Gasteiger partial charge in [-0.25, -0.2) is 4.98 Å². The van der Waals surface area contributed by atoms with E-state index in [0.717, 1.165) is 6.33 Å². The van der Waals surface area contributed by atoms with Gasteiger partial charge < -0.3 is 15.4 Å². The predicted octanol–water partition coefficient (Wildman–Crippen LogP) is 0.867. The molecule has 9 heteroatoms. The van der Waals surface area contributed by atoms with Crippen molar-refractivity contribution in [2.24, 2.45) is 0 Å². The number of aliphatic hydroxyl groups is 1. The number of rotatable bonds is 3. The lowest BCUT2D eigenvalue weighted by Crippen LogP contribution is -2.35. The van der Waals surface area contributed by atoms with Gasteiger partial charge in [-0.3, -0.25) is 4.79 Å². The molecule has 0 aromatic carbocycles. The third kappa shape index (κ3) is 3.20. The summed E-state index contributed by atoms with van der Waals surface area (Å²) >= 11 is 2.85. The molecule has 5 nitrogen and oxygen atoms in total. The molecule has 1 aromatic heterocycles. The number of alkyl halides is 3. The van der Waals surface area contributed by atoms with Gasteiger partial charge in [-0.05, 0) is 15.9 Å². The molecule has 0 aliphatic rings. The third-order valence-corrected chi connectivity index (χ3v) is 2.37. The molecule has 90 valence electrons. The van der Waals surface area contributed by atoms with Crippen LogP contribution in [0.25, 0.3) is 0 Å². The van der Waals surface area contributed by atoms with Crippen LogP contribution in [0.1, 0.15) is 0 Å². The molecular weight excluding hydrogens is 295 g/mol. The summed E-state index contributed by atoms with van der Waals surface area (Å²) in [5.41, 5.74) is -0.529. The standard InChI is InChI=1S/C7H7BrF3N3O2/c8-4-5(13-2-14-6(4)16)12-1-3(15)7(9,10)11/h2-3,15H,1H2,(H2,12,13,14,16). The molecule has 0 amide bonds. The first-order chi connectivity index (χ1) is 7.32. The fourth-order valence-corrected chi connectivity index (χ4v) is 1.17. The lowest BCUT2D eigenvalue weighted by Gasteiger charge is -2.15. The van der Waals surface area contributed by atoms with Crippen LogP contribution in [-0.2, 0) is 0 Å². The Morgan fingerprint density at radius 2 is 2.25 bits per heavy atom. The predicted molar refractivity (Wildman–Crippen MR) is 53.1 cm³/mol. The summed E-state index contributed by atoms with van der Waals surface area (Å²) in [7, 11) is 0. The van der Waals surface area contributed by atoms with Crippen LogP contribution in [0.2, 0.25) is 0 Å². The Bertz CT molecular complexity index is 420. The van der Waals surface area contributed by atoms with E-state index in [9.17, 15) is 18.0 Å². The molecule has 1 aromatic rings. The molecule has 1 heterocycles. The maximum Gasteiger partial charge on any atom is 0.416 e. The number of anilines is 1. The topological polar surface area (TPSA) is 78.0 Å². The van der Waals surface area contributed by atoms with Crippen LogP contribution in [0.5, 0.6) is 0 Å². The second-order valence-corrected chi connectivity index (χ2v) is 3.63. The van der Waals surface area contributed by atoms with Crippen molar-refractivity contribution >= 4 is 21.7 Å². The first kappa shape index (κ1) is 13.0. The molecule has 0 aliphatic carbocycles. The van der Waals surface area contributed by atoms with E-state index in [1.54, 1.807) is 0 Å². The quantitative estimate of drug-likeness (QED) is 0.774. The van der Waals surface area contributed by atoms with Crippen LogP contribution in [0.3, 0.4) is 0 Å². The number of H-pyrrole nitrogens is 1. The zero-order valence-corrected chi connectivity index (χ0v) is 9.26. The van der Waals surface area contributed by atoms with Crippen LogP contribution < -0.4 is 10.9 Å². The highest BCUT2D eigenvalue weighted by Gasteiger charge is 2.37. The van der Waals surface area contributed by atoms with Gasteiger partial charge in [-0.2, -0.15) is 13.2 Å². The second-order valence-electron chi connectivity index (χ2n) is 2.83. The van der Waals surface area contributed by atoms with Gasteiger partial charge >= 0.3 is 6.18 Å². The molecule has 16 heavy (non-hydrogen) atoms. The minimum absolute atomic E-state index is 0.0237. The van der Waals surface area contributed by atoms with Crippen molar-refractivity contribution in [1.29, 1.82) is 0 Å². The number of nitrogens with zero attached hydrogens (tertiary/aromatic N) is 1. The molecular formula is C7H7BrF3N3O2. The number of hydrogen-bond donors (Lipinski definition) is 3. The van der Waals surface area contributed by atoms with E-state index in [2.05, 4.69) is 31.2 Å². The molecule has 3 N–H and O–H groups in total. The van der Waals surface area contributed by atoms with Crippen LogP contribution in [-0.4, -0.2) is 33.9 Å². The average Bonchev–Trinajstić information content (AvgIpc) is 2.18. The van der Waals surface area contributed by atoms with E-state index in [0.29, 0.717) is 0 Å². The smallest absolute Gasteiger partial charge is 0.382 e. The van der Waals surface area contributed by atoms with E-state index < -0.39 is 24.4 Å². The summed E-state index contributed by atoms with van der Waals surface area (Å²) in [4.78, 5) is 16.8. The number of hydrogen-bond acceptors (Lipinski definition) is 4. The highest BCUT2D eigenvalue weighted by Crippen LogP contribution is 2.21. The van der Waals surface area contributed by atoms with Crippen molar-refractivity contribution in [2.45, 2.75) is 12.3 Å². The van der Waals surface area contributed by atoms with Crippen molar-refractivity contribution in [1.82, 2.24) is 9.97 Å². The summed E-state index contributed by atoms with van der Waals surface area (Å²) in [5, 5.41) is 10.9. The Morgan fingerprint density at radius 3 is 2.81 bits per heavy atom. The number of nitrogens with one attached hydrogen (secondary N) is 2. The summed E-state index contributed by atoms with van der Waals surface area (Å²) in [6.07, 6.45) is -6.18. The van der Waals surface area contributed by atoms with Crippen molar-refractivity contribution < 1.29 is 18.3 Å². The highest BCUT2D eigenvalue weighted by atomic mass is 79.9. The van der Waals surface area contributed by atoms with Gasteiger partial charge in [0.2, 0.25) is 0 Å². The van der Waals surface area contributed by atoms with Crippen molar-refractivity contribution in [2.75, 3.05) is 11.9 Å². The van der Waals surface area contributed by atoms with Gasteiger partial charge in [0.05, 0.1) is 12.9 Å². The summed E-state index contributed by atoms with van der Waals surface area (Å²) < 4.78 is 35.8. The van der Waals surface area contributed by atoms with Crippen molar-refractivity contribution in [3.63, 3.8) is 0 Å². The van der Waals surface area contributed by atoms with Crippen LogP contribution in [0.4, 0.5) is 19.0 Å². The molecule has 0 saturated heterocycles. The van der Waals surface area contributed by atoms with E-state index in [-0.39, 0.29) is 10.3 Å². The van der Waals surface area contributed by atoms with Gasteiger partial charge in [-0.1, -0.05) is 0 Å². The van der Waals surface area contributed by atoms with Crippen molar-refractivity contribution in [3.05, 3.63) is 21.2 Å². The van der Waals surface area contributed by atoms with E-state index in [4.69, 9.17) is 5.11 Å². The highest BCUT2D eigenvalue weighted by molar-refractivity contribution is 9.10. The van der Waals surface area contributed by atoms with Gasteiger partial charge in [0.1, 0.15) is 10.3 Å². The monoisotopic (exact) mass is 301 g/mol. The molecule has 1 rings (SSSR count). The molecule has 0 saturated carbocycles. The van der Waals surface area contributed by atoms with E-state index in [1.165, 1.54) is 0 Å². The number of aliphatic hydroxyl groups excluding tert-OH is 1. The zero-order valence-electron chi connectivity index (χ0n) is 7.68. The zero-order chi connectivity index (χ0) is 12.3. The molecule has 0 fully saturated rings. The fraction of sp³-hybridized carbons (Fsp3) is 0.429. The Labute approximate surface area is 95.8 Å². The lowest BCUT2D eigenvalue weighted by molar-refractivity contribution is -0.198. The Kier molecular flexibility index (Phi) is 3.92. The number of aromatic amines is 1. The SMILES string of the molecule is O=c1[nH]cnc(NCC(O)C(F)(F)F)c1Br. The van der Waals surface area contributed by atoms with Crippen molar-refractivity contribution in [3.8, 4) is 0 Å². The van der Waals surface area contributed by atoms with Gasteiger partial charge in [0, 0.05) is 0 Å². The van der Waals surface area contributed by atoms with Gasteiger partial charge in [0.25, 0.3) is 5.56 Å². The third-order valence-electron chi connectivity index (χ3n) is 1.64. The Hall–Kier alpha value is -1.09. The number of aromatic nitrogens is 2. The van der Waals surface area contributed by atoms with Gasteiger partial charge in [0.15, 0.2) is 6.10 Å². The molecule has 0 aliphatic heterocycles. The second kappa shape index (κ2) is 4.83. The minimum Gasteiger partial charge on any atom is -0.382 e. The van der Waals surface area contributed by atoms with Gasteiger partial charge in [-0.15, -0.1) is 0 Å². The largest absolute Gasteiger partial charge is 0.416 e. The Balaban J connectivity index is 2.69. The summed E-state index contributed by atoms with van der Waals surface area (Å²) in [5.74, 6) is -0.0629. The molecule has 0 spiro atoms. The summed E-state index contributed by atoms with van der Waals surface area (Å²) in [6.45, 7) is -0.779. The van der Waals surface area contributed by atoms with E-state index in [1.807, 2.05) is 0 Å². The first-order valence-electron chi connectivity index (χ1n) is 4.04. The molecule has 0 radical (unpaired) electrons. The fourth-order valence-electron chi connectivity index (χ4n) is 0.815. The molecule has 1 atom stereocenters. The van der Waals surface area contributed by atoms with Crippen LogP contribution in [0.15, 0.2) is 15.6 Å². The Morgan fingerprint density at radius 1 is 1.62 bits per heavy atom. The normalized spacial score (nSPS) is 13.6. The molecule has 0 bridgehead atoms. The summed E-state index contributed by atoms with van der Waals surface area (Å²) in [6, 6.07) is 0. The molecule has 1 unspecified atom stereocenters. The lowest BCUT2D eigenvalue weighted by atomic mass is 10.3. The maximum absolute atomic E-state index is 11.9. The minimum atomic E-state index is -4.71. The first-order valence-corrected chi connectivity index (χ1v) is 4.83. The maximum atomic E-state index is 11.9. The van der Waals surface area contributed by atoms with Crippen LogP contribution >= 0.6 is 15.9 Å². The average molecular weight is 302 g/mol. The van der Waals surface area contributed by atoms with Crippen LogP contribution in [0, 0.1) is 0 Å². The number of halogens is 4.